The summed E-state index contributed by atoms with van der Waals surface area (Å²) in [5, 5.41) is 3.05. The van der Waals surface area contributed by atoms with Crippen LogP contribution < -0.4 is 10.2 Å². The number of nitrogens with zero attached hydrogens (tertiary/aromatic N) is 1. The van der Waals surface area contributed by atoms with E-state index in [0.717, 1.165) is 64.2 Å². The van der Waals surface area contributed by atoms with Crippen molar-refractivity contribution in [3.8, 4) is 0 Å². The van der Waals surface area contributed by atoms with Gasteiger partial charge in [0, 0.05) is 12.8 Å². The summed E-state index contributed by atoms with van der Waals surface area (Å²) in [7, 11) is 1.20. The van der Waals surface area contributed by atoms with Crippen LogP contribution in [0, 0.1) is 0 Å². The lowest BCUT2D eigenvalue weighted by Gasteiger charge is -2.30. The molecule has 0 aliphatic rings. The van der Waals surface area contributed by atoms with Gasteiger partial charge in [0.15, 0.2) is 0 Å². The summed E-state index contributed by atoms with van der Waals surface area (Å²) in [4.78, 5) is 40.2. The highest BCUT2D eigenvalue weighted by molar-refractivity contribution is 7.45. The highest BCUT2D eigenvalue weighted by Crippen LogP contribution is 2.38. The average Bonchev–Trinajstić information content (AvgIpc) is 3.65. The van der Waals surface area contributed by atoms with E-state index < -0.39 is 20.0 Å². The lowest BCUT2D eigenvalue weighted by atomic mass is 10.0. The van der Waals surface area contributed by atoms with Gasteiger partial charge in [0.25, 0.3) is 7.82 Å². The van der Waals surface area contributed by atoms with E-state index in [2.05, 4.69) is 62.5 Å². The summed E-state index contributed by atoms with van der Waals surface area (Å²) in [5.41, 5.74) is 0. The van der Waals surface area contributed by atoms with Crippen molar-refractivity contribution in [2.75, 3.05) is 40.9 Å². The first kappa shape index (κ1) is 82.0. The molecule has 0 aromatic carbocycles. The van der Waals surface area contributed by atoms with Gasteiger partial charge in [-0.2, -0.15) is 0 Å². The fourth-order valence-corrected chi connectivity index (χ4v) is 11.6. The molecular weight excluding hydrogens is 1060 g/mol. The quantitative estimate of drug-likeness (QED) is 0.0212. The molecule has 494 valence electrons. The molecule has 0 aliphatic carbocycles. The molecule has 0 heterocycles. The van der Waals surface area contributed by atoms with E-state index in [1.165, 1.54) is 263 Å². The lowest BCUT2D eigenvalue weighted by molar-refractivity contribution is -0.870. The number of allylic oxidation sites excluding steroid dienone is 7. The summed E-state index contributed by atoms with van der Waals surface area (Å²) in [6.07, 6.45) is 80.9. The zero-order valence-electron chi connectivity index (χ0n) is 56.6. The monoisotopic (exact) mass is 1200 g/mol. The number of amides is 1. The normalized spacial score (nSPS) is 13.8. The summed E-state index contributed by atoms with van der Waals surface area (Å²) in [6, 6.07) is -0.888. The third-order valence-electron chi connectivity index (χ3n) is 16.5. The molecule has 3 atom stereocenters. The van der Waals surface area contributed by atoms with Crippen LogP contribution in [0.5, 0.6) is 0 Å². The molecule has 1 N–H and O–H groups in total. The summed E-state index contributed by atoms with van der Waals surface area (Å²) < 4.78 is 30.5. The van der Waals surface area contributed by atoms with E-state index in [1.54, 1.807) is 0 Å². The van der Waals surface area contributed by atoms with E-state index in [4.69, 9.17) is 13.8 Å². The predicted molar refractivity (Wildman–Crippen MR) is 363 cm³/mol. The summed E-state index contributed by atoms with van der Waals surface area (Å²) in [5.74, 6) is -0.527. The smallest absolute Gasteiger partial charge is 0.306 e. The topological polar surface area (TPSA) is 114 Å². The van der Waals surface area contributed by atoms with Crippen LogP contribution in [0.15, 0.2) is 48.6 Å². The Hall–Kier alpha value is -2.03. The van der Waals surface area contributed by atoms with Crippen molar-refractivity contribution < 1.29 is 37.3 Å². The Morgan fingerprint density at radius 2 is 0.726 bits per heavy atom. The minimum absolute atomic E-state index is 0.0210. The first-order valence-electron chi connectivity index (χ1n) is 36.4. The first-order valence-corrected chi connectivity index (χ1v) is 37.9. The van der Waals surface area contributed by atoms with Gasteiger partial charge >= 0.3 is 5.97 Å². The molecule has 84 heavy (non-hydrogen) atoms. The van der Waals surface area contributed by atoms with E-state index in [0.29, 0.717) is 17.4 Å². The second kappa shape index (κ2) is 64.0. The maximum Gasteiger partial charge on any atom is 0.306 e. The van der Waals surface area contributed by atoms with E-state index >= 15 is 0 Å². The molecule has 0 radical (unpaired) electrons. The van der Waals surface area contributed by atoms with Gasteiger partial charge < -0.3 is 28.5 Å². The van der Waals surface area contributed by atoms with Gasteiger partial charge in [-0.3, -0.25) is 14.2 Å². The molecule has 9 nitrogen and oxygen atoms in total. The minimum Gasteiger partial charge on any atom is -0.756 e. The fourth-order valence-electron chi connectivity index (χ4n) is 10.8. The Kier molecular flexibility index (Phi) is 62.4. The Bertz CT molecular complexity index is 1570. The Morgan fingerprint density at radius 3 is 1.11 bits per heavy atom. The van der Waals surface area contributed by atoms with Crippen molar-refractivity contribution in [1.29, 1.82) is 0 Å². The van der Waals surface area contributed by atoms with Gasteiger partial charge in [0.1, 0.15) is 19.3 Å². The number of likely N-dealkylation sites (N-methyl/N-ethyl adjacent to an activating group) is 1. The Morgan fingerprint density at radius 1 is 0.417 bits per heavy atom. The van der Waals surface area contributed by atoms with E-state index in [1.807, 2.05) is 33.3 Å². The fraction of sp³-hybridized carbons (Fsp3) is 0.865. The average molecular weight is 1200 g/mol. The van der Waals surface area contributed by atoms with Crippen LogP contribution in [-0.2, 0) is 27.9 Å². The highest BCUT2D eigenvalue weighted by atomic mass is 31.2. The second-order valence-corrected chi connectivity index (χ2v) is 27.5. The van der Waals surface area contributed by atoms with E-state index in [-0.39, 0.29) is 31.5 Å². The predicted octanol–water partition coefficient (Wildman–Crippen LogP) is 22.6. The maximum atomic E-state index is 13.6. The van der Waals surface area contributed by atoms with Crippen LogP contribution in [0.1, 0.15) is 361 Å². The Balaban J connectivity index is 5.01. The van der Waals surface area contributed by atoms with Crippen LogP contribution in [0.3, 0.4) is 0 Å². The number of esters is 1. The summed E-state index contributed by atoms with van der Waals surface area (Å²) in [6.45, 7) is 6.87. The van der Waals surface area contributed by atoms with Crippen molar-refractivity contribution in [2.45, 2.75) is 373 Å². The molecule has 0 saturated heterocycles. The van der Waals surface area contributed by atoms with Gasteiger partial charge in [-0.15, -0.1) is 0 Å². The molecular formula is C74H141N2O7P. The molecule has 1 amide bonds. The molecule has 0 aliphatic heterocycles. The van der Waals surface area contributed by atoms with Crippen LogP contribution >= 0.6 is 7.82 Å². The second-order valence-electron chi connectivity index (χ2n) is 26.1. The minimum atomic E-state index is -4.70. The standard InChI is InChI=1S/C74H141N2O7P/c1-7-10-13-16-19-22-25-28-30-32-34-36-37-38-39-41-42-44-46-48-51-54-57-60-63-66-73(77)75-71(70-82-84(79,80)81-69-68-76(4,5)6)72(65-62-59-56-53-50-27-24-21-18-15-12-9-3)83-74(78)67-64-61-58-55-52-49-47-45-43-40-35-33-31-29-26-23-20-17-14-11-8-2/h20,23,28-31,62,65,71-72H,7-19,21-22,24-27,32-61,63-64,66-70H2,1-6H3,(H-,75,77,79,80)/b23-20-,30-28+,31-29-,65-62-. The molecule has 0 saturated carbocycles. The van der Waals surface area contributed by atoms with Crippen molar-refractivity contribution in [1.82, 2.24) is 5.32 Å². The van der Waals surface area contributed by atoms with Gasteiger partial charge in [-0.25, -0.2) is 0 Å². The molecule has 0 aromatic rings. The van der Waals surface area contributed by atoms with Crippen molar-refractivity contribution in [2.24, 2.45) is 0 Å². The number of hydrogen-bond donors (Lipinski definition) is 1. The molecule has 0 fully saturated rings. The molecule has 3 unspecified atom stereocenters. The third-order valence-corrected chi connectivity index (χ3v) is 17.4. The largest absolute Gasteiger partial charge is 0.756 e. The number of nitrogens with one attached hydrogen (secondary N) is 1. The number of quaternary nitrogens is 1. The van der Waals surface area contributed by atoms with Gasteiger partial charge in [0.05, 0.1) is 33.8 Å². The van der Waals surface area contributed by atoms with Gasteiger partial charge in [-0.05, 0) is 89.5 Å². The zero-order valence-corrected chi connectivity index (χ0v) is 57.5. The summed E-state index contributed by atoms with van der Waals surface area (Å²) >= 11 is 0. The number of unbranched alkanes of at least 4 members (excludes halogenated alkanes) is 45. The number of phosphoric ester groups is 1. The molecule has 0 aromatic heterocycles. The molecule has 0 bridgehead atoms. The lowest BCUT2D eigenvalue weighted by Crippen LogP contribution is -2.47. The maximum absolute atomic E-state index is 13.6. The molecule has 0 rings (SSSR count). The molecule has 10 heteroatoms. The van der Waals surface area contributed by atoms with Crippen LogP contribution in [0.4, 0.5) is 0 Å². The van der Waals surface area contributed by atoms with Crippen LogP contribution in [-0.4, -0.2) is 69.4 Å². The van der Waals surface area contributed by atoms with E-state index in [9.17, 15) is 19.0 Å². The number of hydrogen-bond acceptors (Lipinski definition) is 7. The van der Waals surface area contributed by atoms with Crippen LogP contribution in [0.25, 0.3) is 0 Å². The van der Waals surface area contributed by atoms with Crippen molar-refractivity contribution in [3.05, 3.63) is 48.6 Å². The van der Waals surface area contributed by atoms with Crippen LogP contribution in [0.2, 0.25) is 0 Å². The van der Waals surface area contributed by atoms with Crippen molar-refractivity contribution in [3.63, 3.8) is 0 Å². The van der Waals surface area contributed by atoms with Gasteiger partial charge in [0.2, 0.25) is 5.91 Å². The Labute approximate surface area is 522 Å². The number of ether oxygens (including phenoxy) is 1. The number of phosphoric acid groups is 1. The number of carbonyl (C=O) groups excluding carboxylic acids is 2. The van der Waals surface area contributed by atoms with Gasteiger partial charge in [-0.1, -0.05) is 307 Å². The first-order chi connectivity index (χ1) is 40.9. The zero-order chi connectivity index (χ0) is 61.4. The third kappa shape index (κ3) is 64.4. The number of carbonyl (C=O) groups is 2. The molecule has 0 spiro atoms. The number of rotatable bonds is 67. The SMILES string of the molecule is CCCCC/C=C\C/C=C\CCCCCCCCCCCCCC(=O)OC(/C=C\CCCCCCCCCCCC)C(COP(=O)([O-])OCC[N+](C)(C)C)NC(=O)CCCCCCCCCCCCCCCCC/C=C/CCCCCCCC. The van der Waals surface area contributed by atoms with Crippen molar-refractivity contribution >= 4 is 19.7 Å². The highest BCUT2D eigenvalue weighted by Gasteiger charge is 2.27.